The highest BCUT2D eigenvalue weighted by atomic mass is 35.5. The molecule has 0 fully saturated rings. The third kappa shape index (κ3) is 5.46. The zero-order valence-corrected chi connectivity index (χ0v) is 16.4. The second-order valence-electron chi connectivity index (χ2n) is 6.08. The number of methoxy groups -OCH3 is 1. The molecule has 0 bridgehead atoms. The van der Waals surface area contributed by atoms with Gasteiger partial charge in [-0.05, 0) is 48.5 Å². The van der Waals surface area contributed by atoms with Gasteiger partial charge in [-0.15, -0.1) is 0 Å². The maximum atomic E-state index is 12.9. The van der Waals surface area contributed by atoms with Crippen LogP contribution in [0.15, 0.2) is 84.6 Å². The molecular formula is C23H19ClN2O3. The Morgan fingerprint density at radius 1 is 0.897 bits per heavy atom. The third-order valence-electron chi connectivity index (χ3n) is 4.07. The van der Waals surface area contributed by atoms with E-state index < -0.39 is 11.8 Å². The van der Waals surface area contributed by atoms with Gasteiger partial charge < -0.3 is 15.4 Å². The quantitative estimate of drug-likeness (QED) is 0.580. The molecule has 0 aliphatic heterocycles. The Labute approximate surface area is 174 Å². The van der Waals surface area contributed by atoms with E-state index in [1.54, 1.807) is 73.8 Å². The van der Waals surface area contributed by atoms with Crippen molar-refractivity contribution in [3.8, 4) is 5.75 Å². The van der Waals surface area contributed by atoms with Crippen LogP contribution in [-0.2, 0) is 4.79 Å². The van der Waals surface area contributed by atoms with Gasteiger partial charge >= 0.3 is 0 Å². The number of carbonyl (C=O) groups is 2. The zero-order chi connectivity index (χ0) is 20.6. The van der Waals surface area contributed by atoms with Crippen LogP contribution in [-0.4, -0.2) is 18.9 Å². The molecule has 3 rings (SSSR count). The normalized spacial score (nSPS) is 10.9. The first-order chi connectivity index (χ1) is 14.1. The van der Waals surface area contributed by atoms with Crippen molar-refractivity contribution in [3.05, 3.63) is 101 Å². The summed E-state index contributed by atoms with van der Waals surface area (Å²) in [6, 6.07) is 22.6. The van der Waals surface area contributed by atoms with Gasteiger partial charge in [-0.3, -0.25) is 9.59 Å². The maximum Gasteiger partial charge on any atom is 0.272 e. The van der Waals surface area contributed by atoms with Crippen LogP contribution in [0.1, 0.15) is 15.9 Å². The Hall–Kier alpha value is -3.57. The summed E-state index contributed by atoms with van der Waals surface area (Å²) >= 11 is 5.89. The number of nitrogens with one attached hydrogen (secondary N) is 2. The van der Waals surface area contributed by atoms with E-state index >= 15 is 0 Å². The SMILES string of the molecule is COc1ccccc1/C=C(/NC(=O)c1ccccc1)C(=O)Nc1ccc(Cl)cc1. The van der Waals surface area contributed by atoms with Crippen LogP contribution in [0.5, 0.6) is 5.75 Å². The largest absolute Gasteiger partial charge is 0.496 e. The monoisotopic (exact) mass is 406 g/mol. The van der Waals surface area contributed by atoms with Gasteiger partial charge in [0.1, 0.15) is 11.4 Å². The average molecular weight is 407 g/mol. The van der Waals surface area contributed by atoms with E-state index in [0.29, 0.717) is 27.6 Å². The minimum Gasteiger partial charge on any atom is -0.496 e. The van der Waals surface area contributed by atoms with Crippen molar-refractivity contribution < 1.29 is 14.3 Å². The summed E-state index contributed by atoms with van der Waals surface area (Å²) in [6.07, 6.45) is 1.57. The number of ether oxygens (including phenoxy) is 1. The first-order valence-corrected chi connectivity index (χ1v) is 9.22. The van der Waals surface area contributed by atoms with E-state index in [9.17, 15) is 9.59 Å². The van der Waals surface area contributed by atoms with Crippen LogP contribution >= 0.6 is 11.6 Å². The number of rotatable bonds is 6. The molecular weight excluding hydrogens is 388 g/mol. The van der Waals surface area contributed by atoms with Gasteiger partial charge in [-0.25, -0.2) is 0 Å². The van der Waals surface area contributed by atoms with Gasteiger partial charge in [0, 0.05) is 21.8 Å². The number of anilines is 1. The molecule has 0 aliphatic carbocycles. The molecule has 2 N–H and O–H groups in total. The molecule has 6 heteroatoms. The van der Waals surface area contributed by atoms with Crippen molar-refractivity contribution in [2.45, 2.75) is 0 Å². The van der Waals surface area contributed by atoms with Gasteiger partial charge in [0.25, 0.3) is 11.8 Å². The molecule has 29 heavy (non-hydrogen) atoms. The summed E-state index contributed by atoms with van der Waals surface area (Å²) in [5.74, 6) is -0.279. The molecule has 3 aromatic rings. The van der Waals surface area contributed by atoms with E-state index in [2.05, 4.69) is 10.6 Å². The predicted molar refractivity (Wildman–Crippen MR) is 115 cm³/mol. The fourth-order valence-electron chi connectivity index (χ4n) is 2.62. The van der Waals surface area contributed by atoms with E-state index in [0.717, 1.165) is 0 Å². The highest BCUT2D eigenvalue weighted by Gasteiger charge is 2.16. The van der Waals surface area contributed by atoms with E-state index in [-0.39, 0.29) is 5.70 Å². The third-order valence-corrected chi connectivity index (χ3v) is 4.32. The van der Waals surface area contributed by atoms with Crippen molar-refractivity contribution in [1.82, 2.24) is 5.32 Å². The van der Waals surface area contributed by atoms with Gasteiger partial charge in [0.05, 0.1) is 7.11 Å². The van der Waals surface area contributed by atoms with Gasteiger partial charge in [0.15, 0.2) is 0 Å². The van der Waals surface area contributed by atoms with Crippen molar-refractivity contribution in [2.75, 3.05) is 12.4 Å². The Bertz CT molecular complexity index is 1030. The number of carbonyl (C=O) groups excluding carboxylic acids is 2. The summed E-state index contributed by atoms with van der Waals surface area (Å²) in [5, 5.41) is 6.02. The topological polar surface area (TPSA) is 67.4 Å². The molecule has 5 nitrogen and oxygen atoms in total. The first-order valence-electron chi connectivity index (χ1n) is 8.85. The minimum atomic E-state index is -0.470. The smallest absolute Gasteiger partial charge is 0.272 e. The molecule has 146 valence electrons. The lowest BCUT2D eigenvalue weighted by Gasteiger charge is -2.12. The number of amides is 2. The molecule has 0 heterocycles. The summed E-state index contributed by atoms with van der Waals surface area (Å²) in [7, 11) is 1.54. The molecule has 0 unspecified atom stereocenters. The molecule has 0 aliphatic rings. The van der Waals surface area contributed by atoms with Crippen LogP contribution in [0, 0.1) is 0 Å². The van der Waals surface area contributed by atoms with Crippen LogP contribution in [0.25, 0.3) is 6.08 Å². The predicted octanol–water partition coefficient (Wildman–Crippen LogP) is 4.76. The van der Waals surface area contributed by atoms with Crippen molar-refractivity contribution in [1.29, 1.82) is 0 Å². The van der Waals surface area contributed by atoms with E-state index in [1.807, 2.05) is 18.2 Å². The molecule has 0 radical (unpaired) electrons. The fraction of sp³-hybridized carbons (Fsp3) is 0.0435. The lowest BCUT2D eigenvalue weighted by molar-refractivity contribution is -0.113. The Kier molecular flexibility index (Phi) is 6.66. The van der Waals surface area contributed by atoms with Crippen LogP contribution in [0.2, 0.25) is 5.02 Å². The van der Waals surface area contributed by atoms with Crippen molar-refractivity contribution >= 4 is 35.2 Å². The number of halogens is 1. The Morgan fingerprint density at radius 3 is 2.24 bits per heavy atom. The molecule has 0 saturated carbocycles. The minimum absolute atomic E-state index is 0.0818. The molecule has 0 aromatic heterocycles. The molecule has 3 aromatic carbocycles. The zero-order valence-electron chi connectivity index (χ0n) is 15.7. The molecule has 0 spiro atoms. The number of para-hydroxylation sites is 1. The highest BCUT2D eigenvalue weighted by molar-refractivity contribution is 6.30. The van der Waals surface area contributed by atoms with Crippen LogP contribution in [0.4, 0.5) is 5.69 Å². The first kappa shape index (κ1) is 20.2. The van der Waals surface area contributed by atoms with Crippen LogP contribution < -0.4 is 15.4 Å². The Morgan fingerprint density at radius 2 is 1.55 bits per heavy atom. The maximum absolute atomic E-state index is 12.9. The van der Waals surface area contributed by atoms with E-state index in [4.69, 9.17) is 16.3 Å². The number of hydrogen-bond donors (Lipinski definition) is 2. The van der Waals surface area contributed by atoms with Crippen LogP contribution in [0.3, 0.4) is 0 Å². The average Bonchev–Trinajstić information content (AvgIpc) is 2.75. The van der Waals surface area contributed by atoms with Gasteiger partial charge in [-0.1, -0.05) is 48.0 Å². The molecule has 2 amide bonds. The summed E-state index contributed by atoms with van der Waals surface area (Å²) in [5.41, 5.74) is 1.74. The van der Waals surface area contributed by atoms with Gasteiger partial charge in [-0.2, -0.15) is 0 Å². The summed E-state index contributed by atoms with van der Waals surface area (Å²) in [4.78, 5) is 25.5. The number of hydrogen-bond acceptors (Lipinski definition) is 3. The molecule has 0 saturated heterocycles. The molecule has 0 atom stereocenters. The highest BCUT2D eigenvalue weighted by Crippen LogP contribution is 2.21. The Balaban J connectivity index is 1.92. The van der Waals surface area contributed by atoms with Gasteiger partial charge in [0.2, 0.25) is 0 Å². The number of benzene rings is 3. The van der Waals surface area contributed by atoms with Crippen molar-refractivity contribution in [3.63, 3.8) is 0 Å². The second-order valence-corrected chi connectivity index (χ2v) is 6.52. The lowest BCUT2D eigenvalue weighted by Crippen LogP contribution is -2.30. The van der Waals surface area contributed by atoms with Crippen molar-refractivity contribution in [2.24, 2.45) is 0 Å². The summed E-state index contributed by atoms with van der Waals surface area (Å²) in [6.45, 7) is 0. The summed E-state index contributed by atoms with van der Waals surface area (Å²) < 4.78 is 5.34. The van der Waals surface area contributed by atoms with E-state index in [1.165, 1.54) is 0 Å². The fourth-order valence-corrected chi connectivity index (χ4v) is 2.74. The lowest BCUT2D eigenvalue weighted by atomic mass is 10.1. The standard InChI is InChI=1S/C23H19ClN2O3/c1-29-21-10-6-5-9-17(21)15-20(26-22(27)16-7-3-2-4-8-16)23(28)25-19-13-11-18(24)12-14-19/h2-15H,1H3,(H,25,28)(H,26,27)/b20-15+. The second kappa shape index (κ2) is 9.57.